The van der Waals surface area contributed by atoms with Gasteiger partial charge in [0, 0.05) is 18.5 Å². The van der Waals surface area contributed by atoms with Crippen molar-refractivity contribution in [3.63, 3.8) is 0 Å². The van der Waals surface area contributed by atoms with E-state index in [-0.39, 0.29) is 16.0 Å². The normalized spacial score (nSPS) is 6.44. The Morgan fingerprint density at radius 3 is 2.22 bits per heavy atom. The van der Waals surface area contributed by atoms with Gasteiger partial charge in [-0.05, 0) is 6.07 Å². The maximum atomic E-state index is 3.73. The van der Waals surface area contributed by atoms with Crippen molar-refractivity contribution in [2.75, 3.05) is 0 Å². The fraction of sp³-hybridized carbons (Fsp3) is 0. The van der Waals surface area contributed by atoms with Crippen molar-refractivity contribution in [1.82, 2.24) is 4.98 Å². The quantitative estimate of drug-likeness (QED) is 0.653. The topological polar surface area (TPSA) is 12.9 Å². The molecule has 0 bridgehead atoms. The van der Waals surface area contributed by atoms with Crippen LogP contribution >= 0.6 is 25.8 Å². The Bertz CT molecular complexity index is 97.8. The second kappa shape index (κ2) is 8.88. The minimum Gasteiger partial charge on any atom is -0.280 e. The molecule has 0 fully saturated rings. The Morgan fingerprint density at radius 2 is 2.11 bits per heavy atom. The molecule has 1 heterocycles. The highest BCUT2D eigenvalue weighted by molar-refractivity contribution is 9.47. The van der Waals surface area contributed by atoms with Crippen LogP contribution in [0.25, 0.3) is 0 Å². The fourth-order valence-electron chi connectivity index (χ4n) is 0.277. The lowest BCUT2D eigenvalue weighted by Crippen LogP contribution is -1.59. The molecule has 0 saturated carbocycles. The van der Waals surface area contributed by atoms with Crippen LogP contribution in [0.4, 0.5) is 0 Å². The molecule has 0 spiro atoms. The van der Waals surface area contributed by atoms with Crippen LogP contribution in [-0.2, 0) is 0 Å². The minimum absolute atomic E-state index is 0.0417. The maximum Gasteiger partial charge on any atom is 0.560 e. The molecule has 0 aromatic carbocycles. The molecule has 1 rings (SSSR count). The van der Waals surface area contributed by atoms with E-state index in [0.29, 0.717) is 0 Å². The lowest BCUT2D eigenvalue weighted by Gasteiger charge is -1.69. The summed E-state index contributed by atoms with van der Waals surface area (Å²) >= 11 is 6.44. The van der Waals surface area contributed by atoms with E-state index in [1.54, 1.807) is 12.4 Å². The molecule has 0 aliphatic rings. The molecule has 0 amide bonds. The van der Waals surface area contributed by atoms with Crippen LogP contribution in [-0.4, -0.2) is 21.0 Å². The molecule has 0 atom stereocenters. The van der Waals surface area contributed by atoms with Gasteiger partial charge >= 0.3 is 16.0 Å². The fourth-order valence-corrected chi connectivity index (χ4v) is 0.277. The van der Waals surface area contributed by atoms with Gasteiger partial charge < -0.3 is 0 Å². The highest BCUT2D eigenvalue weighted by atomic mass is 79.9. The van der Waals surface area contributed by atoms with Gasteiger partial charge in [-0.15, -0.1) is 0 Å². The van der Waals surface area contributed by atoms with E-state index in [0.717, 1.165) is 0 Å². The van der Waals surface area contributed by atoms with Crippen LogP contribution in [0.2, 0.25) is 0 Å². The number of pyridine rings is 1. The van der Waals surface area contributed by atoms with Gasteiger partial charge in [0.15, 0.2) is 0 Å². The molecule has 1 aromatic rings. The molecular formula is C5H4Br2MgN. The molecule has 0 saturated heterocycles. The monoisotopic (exact) mass is 260 g/mol. The molecule has 0 unspecified atom stereocenters. The van der Waals surface area contributed by atoms with Gasteiger partial charge in [-0.1, -0.05) is 6.07 Å². The summed E-state index contributed by atoms with van der Waals surface area (Å²) in [7, 11) is 0. The summed E-state index contributed by atoms with van der Waals surface area (Å²) < 4.78 is 0. The van der Waals surface area contributed by atoms with Crippen LogP contribution in [0, 0.1) is 6.07 Å². The van der Waals surface area contributed by atoms with E-state index in [9.17, 15) is 0 Å². The van der Waals surface area contributed by atoms with Gasteiger partial charge in [-0.3, -0.25) is 30.8 Å². The predicted molar refractivity (Wildman–Crippen MR) is 46.7 cm³/mol. The Labute approximate surface area is 76.7 Å². The van der Waals surface area contributed by atoms with Gasteiger partial charge in [0.1, 0.15) is 0 Å². The van der Waals surface area contributed by atoms with Crippen molar-refractivity contribution in [2.45, 2.75) is 0 Å². The van der Waals surface area contributed by atoms with Gasteiger partial charge in [0.05, 0.1) is 0 Å². The van der Waals surface area contributed by atoms with E-state index in [1.165, 1.54) is 0 Å². The summed E-state index contributed by atoms with van der Waals surface area (Å²) in [6, 6.07) is 6.43. The molecular weight excluding hydrogens is 258 g/mol. The van der Waals surface area contributed by atoms with Crippen LogP contribution < -0.4 is 0 Å². The standard InChI is InChI=1S/C5H4N.2BrH.Mg/c1-2-4-6-5-3-1;;;/h1-2,4-5H;2*1H;/q;;;+2/p-2. The first kappa shape index (κ1) is 9.88. The summed E-state index contributed by atoms with van der Waals surface area (Å²) in [5.41, 5.74) is 0. The van der Waals surface area contributed by atoms with Gasteiger partial charge in [0.2, 0.25) is 0 Å². The second-order valence-corrected chi connectivity index (χ2v) is 9.14. The van der Waals surface area contributed by atoms with Crippen molar-refractivity contribution >= 4 is 41.8 Å². The van der Waals surface area contributed by atoms with Crippen molar-refractivity contribution in [2.24, 2.45) is 0 Å². The third-order valence-electron chi connectivity index (χ3n) is 0.514. The van der Waals surface area contributed by atoms with Crippen LogP contribution in [0.1, 0.15) is 0 Å². The Hall–Kier alpha value is 0.876. The molecule has 0 aliphatic carbocycles. The van der Waals surface area contributed by atoms with Gasteiger partial charge in [-0.2, -0.15) is 0 Å². The van der Waals surface area contributed by atoms with Crippen LogP contribution in [0.15, 0.2) is 24.5 Å². The average Bonchev–Trinajstić information content (AvgIpc) is 1.93. The molecule has 1 radical (unpaired) electrons. The first-order valence-corrected chi connectivity index (χ1v) is 10.1. The van der Waals surface area contributed by atoms with E-state index in [2.05, 4.69) is 36.8 Å². The Kier molecular flexibility index (Phi) is 9.74. The molecule has 1 nitrogen and oxygen atoms in total. The number of halogens is 2. The Morgan fingerprint density at radius 1 is 1.44 bits per heavy atom. The van der Waals surface area contributed by atoms with Crippen molar-refractivity contribution < 1.29 is 0 Å². The molecule has 45 valence electrons. The molecule has 1 aromatic heterocycles. The number of hydrogen-bond acceptors (Lipinski definition) is 1. The predicted octanol–water partition coefficient (Wildman–Crippen LogP) is 2.19. The number of nitrogens with zero attached hydrogens (tertiary/aromatic N) is 1. The number of rotatable bonds is 0. The highest BCUT2D eigenvalue weighted by Gasteiger charge is 1.62. The lowest BCUT2D eigenvalue weighted by molar-refractivity contribution is 1.32. The average molecular weight is 262 g/mol. The maximum absolute atomic E-state index is 3.73. The van der Waals surface area contributed by atoms with Crippen LogP contribution in [0.5, 0.6) is 0 Å². The lowest BCUT2D eigenvalue weighted by atomic mass is 10.5. The molecule has 4 heteroatoms. The third-order valence-corrected chi connectivity index (χ3v) is 0.514. The van der Waals surface area contributed by atoms with E-state index in [1.807, 2.05) is 12.1 Å². The summed E-state index contributed by atoms with van der Waals surface area (Å²) in [4.78, 5) is 3.73. The van der Waals surface area contributed by atoms with E-state index in [4.69, 9.17) is 0 Å². The summed E-state index contributed by atoms with van der Waals surface area (Å²) in [5, 5.41) is 0. The Balaban J connectivity index is 0.000000187. The van der Waals surface area contributed by atoms with Gasteiger partial charge in [0.25, 0.3) is 0 Å². The van der Waals surface area contributed by atoms with E-state index >= 15 is 0 Å². The molecule has 0 N–H and O–H groups in total. The summed E-state index contributed by atoms with van der Waals surface area (Å²) in [6.45, 7) is 0. The van der Waals surface area contributed by atoms with Gasteiger partial charge in [-0.25, -0.2) is 0 Å². The summed E-state index contributed by atoms with van der Waals surface area (Å²) in [6.07, 6.45) is 3.34. The first-order chi connectivity index (χ1) is 4.41. The highest BCUT2D eigenvalue weighted by Crippen LogP contribution is 1.77. The molecule has 9 heavy (non-hydrogen) atoms. The van der Waals surface area contributed by atoms with Crippen molar-refractivity contribution in [1.29, 1.82) is 0 Å². The van der Waals surface area contributed by atoms with Crippen molar-refractivity contribution in [3.8, 4) is 0 Å². The molecule has 0 aliphatic heterocycles. The largest absolute Gasteiger partial charge is 0.560 e. The summed E-state index contributed by atoms with van der Waals surface area (Å²) in [5.74, 6) is 0. The second-order valence-electron chi connectivity index (χ2n) is 1.05. The SMILES string of the molecule is [Br][Mg][Br].[c]1cccnc1. The zero-order chi connectivity index (χ0) is 6.95. The third kappa shape index (κ3) is 8.88. The number of hydrogen-bond donors (Lipinski definition) is 0. The number of aromatic nitrogens is 1. The zero-order valence-corrected chi connectivity index (χ0v) is 9.31. The zero-order valence-electron chi connectivity index (χ0n) is 4.72. The smallest absolute Gasteiger partial charge is 0.280 e. The van der Waals surface area contributed by atoms with E-state index < -0.39 is 0 Å². The van der Waals surface area contributed by atoms with Crippen molar-refractivity contribution in [3.05, 3.63) is 30.6 Å². The first-order valence-electron chi connectivity index (χ1n) is 2.29. The van der Waals surface area contributed by atoms with Crippen LogP contribution in [0.3, 0.4) is 0 Å². The minimum atomic E-state index is 0.0417.